The zero-order valence-electron chi connectivity index (χ0n) is 16.9. The Morgan fingerprint density at radius 2 is 2.06 bits per heavy atom. The summed E-state index contributed by atoms with van der Waals surface area (Å²) in [6.45, 7) is 1.07. The molecule has 31 heavy (non-hydrogen) atoms. The fourth-order valence-electron chi connectivity index (χ4n) is 3.70. The molecule has 168 valence electrons. The summed E-state index contributed by atoms with van der Waals surface area (Å²) < 4.78 is 57.1. The first kappa shape index (κ1) is 21.5. The van der Waals surface area contributed by atoms with Crippen LogP contribution >= 0.6 is 0 Å². The predicted molar refractivity (Wildman–Crippen MR) is 101 cm³/mol. The topological polar surface area (TPSA) is 90.7 Å². The van der Waals surface area contributed by atoms with Crippen molar-refractivity contribution in [1.82, 2.24) is 19.9 Å². The molecule has 2 fully saturated rings. The summed E-state index contributed by atoms with van der Waals surface area (Å²) in [5.41, 5.74) is -0.0748. The van der Waals surface area contributed by atoms with Crippen LogP contribution in [0.15, 0.2) is 30.5 Å². The number of aromatic nitrogens is 3. The Hall–Kier alpha value is -2.70. The first-order chi connectivity index (χ1) is 14.7. The van der Waals surface area contributed by atoms with Crippen molar-refractivity contribution in [3.8, 4) is 0 Å². The van der Waals surface area contributed by atoms with Gasteiger partial charge in [-0.3, -0.25) is 5.32 Å². The van der Waals surface area contributed by atoms with Gasteiger partial charge < -0.3 is 19.1 Å². The molecule has 2 aliphatic heterocycles. The Morgan fingerprint density at radius 3 is 2.81 bits per heavy atom. The standard InChI is InChI=1S/C19H22F3N5O4/c1-26(2)7-13-8-27(25-24-13)14-9-29-17-15(10-30-16(14)17)31-18(28)23-12-5-3-4-11(6-12)19(20,21)22/h3-6,8,14-17H,7,9-10H2,1-2H3,(H,23,28)/t14-,15-,16-,17+/m1/s1. The van der Waals surface area contributed by atoms with Gasteiger partial charge in [0.1, 0.15) is 18.2 Å². The van der Waals surface area contributed by atoms with Gasteiger partial charge >= 0.3 is 12.3 Å². The van der Waals surface area contributed by atoms with Gasteiger partial charge in [0.05, 0.1) is 30.7 Å². The Bertz CT molecular complexity index is 935. The lowest BCUT2D eigenvalue weighted by molar-refractivity contribution is -0.137. The van der Waals surface area contributed by atoms with Crippen molar-refractivity contribution in [3.63, 3.8) is 0 Å². The summed E-state index contributed by atoms with van der Waals surface area (Å²) in [5, 5.41) is 10.6. The number of nitrogens with one attached hydrogen (secondary N) is 1. The molecule has 9 nitrogen and oxygen atoms in total. The number of rotatable bonds is 5. The van der Waals surface area contributed by atoms with E-state index in [4.69, 9.17) is 14.2 Å². The van der Waals surface area contributed by atoms with Gasteiger partial charge in [0.25, 0.3) is 0 Å². The largest absolute Gasteiger partial charge is 0.441 e. The third kappa shape index (κ3) is 4.81. The lowest BCUT2D eigenvalue weighted by atomic mass is 10.1. The molecule has 0 aliphatic carbocycles. The zero-order valence-corrected chi connectivity index (χ0v) is 16.9. The highest BCUT2D eigenvalue weighted by atomic mass is 19.4. The van der Waals surface area contributed by atoms with Gasteiger partial charge in [0, 0.05) is 12.2 Å². The van der Waals surface area contributed by atoms with E-state index in [1.54, 1.807) is 4.68 Å². The first-order valence-corrected chi connectivity index (χ1v) is 9.64. The smallest absolute Gasteiger partial charge is 0.416 e. The van der Waals surface area contributed by atoms with Gasteiger partial charge in [-0.25, -0.2) is 9.48 Å². The molecule has 0 spiro atoms. The van der Waals surface area contributed by atoms with E-state index in [2.05, 4.69) is 15.6 Å². The van der Waals surface area contributed by atoms with Crippen molar-refractivity contribution < 1.29 is 32.2 Å². The molecule has 1 N–H and O–H groups in total. The molecule has 2 aliphatic rings. The summed E-state index contributed by atoms with van der Waals surface area (Å²) >= 11 is 0. The van der Waals surface area contributed by atoms with Crippen LogP contribution in [0.5, 0.6) is 0 Å². The van der Waals surface area contributed by atoms with E-state index in [1.165, 1.54) is 12.1 Å². The van der Waals surface area contributed by atoms with Gasteiger partial charge in [-0.05, 0) is 32.3 Å². The number of anilines is 1. The second kappa shape index (κ2) is 8.44. The fourth-order valence-corrected chi connectivity index (χ4v) is 3.70. The molecule has 0 unspecified atom stereocenters. The van der Waals surface area contributed by atoms with Crippen molar-refractivity contribution in [3.05, 3.63) is 41.7 Å². The normalized spacial score (nSPS) is 25.6. The van der Waals surface area contributed by atoms with Crippen molar-refractivity contribution in [2.75, 3.05) is 32.6 Å². The quantitative estimate of drug-likeness (QED) is 0.762. The number of halogens is 3. The number of carbonyl (C=O) groups excluding carboxylic acids is 1. The molecule has 2 saturated heterocycles. The summed E-state index contributed by atoms with van der Waals surface area (Å²) in [4.78, 5) is 14.2. The molecular weight excluding hydrogens is 419 g/mol. The number of hydrogen-bond acceptors (Lipinski definition) is 7. The number of benzene rings is 1. The Morgan fingerprint density at radius 1 is 1.29 bits per heavy atom. The van der Waals surface area contributed by atoms with E-state index in [9.17, 15) is 18.0 Å². The summed E-state index contributed by atoms with van der Waals surface area (Å²) in [6, 6.07) is 4.11. The molecule has 1 amide bonds. The third-order valence-corrected chi connectivity index (χ3v) is 5.05. The number of ether oxygens (including phenoxy) is 3. The van der Waals surface area contributed by atoms with Crippen molar-refractivity contribution in [2.45, 2.75) is 37.1 Å². The van der Waals surface area contributed by atoms with Crippen LogP contribution in [-0.4, -0.2) is 71.6 Å². The second-order valence-electron chi connectivity index (χ2n) is 7.74. The van der Waals surface area contributed by atoms with Gasteiger partial charge in [-0.1, -0.05) is 11.3 Å². The number of fused-ring (bicyclic) bond motifs is 1. The number of carbonyl (C=O) groups is 1. The minimum Gasteiger partial charge on any atom is -0.441 e. The first-order valence-electron chi connectivity index (χ1n) is 9.64. The maximum atomic E-state index is 12.8. The molecule has 0 saturated carbocycles. The highest BCUT2D eigenvalue weighted by Gasteiger charge is 2.50. The summed E-state index contributed by atoms with van der Waals surface area (Å²) in [7, 11) is 3.86. The van der Waals surface area contributed by atoms with Crippen molar-refractivity contribution in [2.24, 2.45) is 0 Å². The molecule has 12 heteroatoms. The van der Waals surface area contributed by atoms with Crippen LogP contribution < -0.4 is 5.32 Å². The minimum atomic E-state index is -4.51. The van der Waals surface area contributed by atoms with Crippen LogP contribution in [0, 0.1) is 0 Å². The van der Waals surface area contributed by atoms with E-state index >= 15 is 0 Å². The maximum Gasteiger partial charge on any atom is 0.416 e. The van der Waals surface area contributed by atoms with Crippen LogP contribution in [0.2, 0.25) is 0 Å². The van der Waals surface area contributed by atoms with Crippen molar-refractivity contribution >= 4 is 11.8 Å². The molecule has 2 aromatic rings. The average molecular weight is 441 g/mol. The maximum absolute atomic E-state index is 12.8. The van der Waals surface area contributed by atoms with E-state index in [-0.39, 0.29) is 24.4 Å². The number of amides is 1. The highest BCUT2D eigenvalue weighted by molar-refractivity contribution is 5.84. The molecule has 0 bridgehead atoms. The third-order valence-electron chi connectivity index (χ3n) is 5.05. The van der Waals surface area contributed by atoms with Crippen LogP contribution in [-0.2, 0) is 26.9 Å². The van der Waals surface area contributed by atoms with Crippen molar-refractivity contribution in [1.29, 1.82) is 0 Å². The number of nitrogens with zero attached hydrogens (tertiary/aromatic N) is 4. The summed E-state index contributed by atoms with van der Waals surface area (Å²) in [5.74, 6) is 0. The van der Waals surface area contributed by atoms with Crippen LogP contribution in [0.4, 0.5) is 23.7 Å². The molecule has 4 atom stereocenters. The van der Waals surface area contributed by atoms with E-state index in [0.717, 1.165) is 17.8 Å². The Kier molecular flexibility index (Phi) is 5.86. The average Bonchev–Trinajstić information content (AvgIpc) is 3.38. The van der Waals surface area contributed by atoms with Crippen LogP contribution in [0.3, 0.4) is 0 Å². The SMILES string of the molecule is CN(C)Cc1cn([C@@H]2CO[C@@H]3[C@@H]2OC[C@H]3OC(=O)Nc2cccc(C(F)(F)F)c2)nn1. The second-order valence-corrected chi connectivity index (χ2v) is 7.74. The Labute approximate surface area is 176 Å². The number of alkyl halides is 3. The van der Waals surface area contributed by atoms with Crippen LogP contribution in [0.1, 0.15) is 17.3 Å². The predicted octanol–water partition coefficient (Wildman–Crippen LogP) is 2.31. The molecule has 1 aromatic carbocycles. The van der Waals surface area contributed by atoms with Gasteiger partial charge in [-0.2, -0.15) is 13.2 Å². The van der Waals surface area contributed by atoms with Gasteiger partial charge in [-0.15, -0.1) is 5.10 Å². The molecule has 1 aromatic heterocycles. The summed E-state index contributed by atoms with van der Waals surface area (Å²) in [6.07, 6.45) is -5.12. The van der Waals surface area contributed by atoms with Gasteiger partial charge in [0.2, 0.25) is 0 Å². The lowest BCUT2D eigenvalue weighted by Gasteiger charge is -2.17. The Balaban J connectivity index is 1.35. The molecule has 0 radical (unpaired) electrons. The zero-order chi connectivity index (χ0) is 22.2. The minimum absolute atomic E-state index is 0.0171. The molecule has 3 heterocycles. The molecular formula is C19H22F3N5O4. The molecule has 4 rings (SSSR count). The van der Waals surface area contributed by atoms with E-state index < -0.39 is 30.0 Å². The number of hydrogen-bond donors (Lipinski definition) is 1. The van der Waals surface area contributed by atoms with Crippen LogP contribution in [0.25, 0.3) is 0 Å². The van der Waals surface area contributed by atoms with E-state index in [0.29, 0.717) is 13.2 Å². The lowest BCUT2D eigenvalue weighted by Crippen LogP contribution is -2.34. The van der Waals surface area contributed by atoms with Gasteiger partial charge in [0.15, 0.2) is 6.10 Å². The van der Waals surface area contributed by atoms with E-state index in [1.807, 2.05) is 25.2 Å². The highest BCUT2D eigenvalue weighted by Crippen LogP contribution is 2.35. The fraction of sp³-hybridized carbons (Fsp3) is 0.526. The monoisotopic (exact) mass is 441 g/mol.